The Morgan fingerprint density at radius 2 is 1.45 bits per heavy atom. The van der Waals surface area contributed by atoms with Gasteiger partial charge in [0.1, 0.15) is 51.9 Å². The lowest BCUT2D eigenvalue weighted by Crippen LogP contribution is -2.39. The van der Waals surface area contributed by atoms with Crippen LogP contribution in [0.2, 0.25) is 0 Å². The van der Waals surface area contributed by atoms with Crippen molar-refractivity contribution in [1.82, 2.24) is 15.3 Å². The molecule has 1 unspecified atom stereocenters. The number of benzene rings is 3. The van der Waals surface area contributed by atoms with Crippen molar-refractivity contribution in [1.29, 1.82) is 0 Å². The van der Waals surface area contributed by atoms with Crippen molar-refractivity contribution in [2.75, 3.05) is 0 Å². The van der Waals surface area contributed by atoms with Crippen molar-refractivity contribution in [3.05, 3.63) is 107 Å². The Morgan fingerprint density at radius 3 is 2.14 bits per heavy atom. The molecule has 0 aliphatic carbocycles. The quantitative estimate of drug-likeness (QED) is 0.231. The van der Waals surface area contributed by atoms with Crippen LogP contribution in [0.5, 0.6) is 0 Å². The van der Waals surface area contributed by atoms with Crippen molar-refractivity contribution in [2.45, 2.75) is 24.7 Å². The van der Waals surface area contributed by atoms with Gasteiger partial charge in [-0.15, -0.1) is 0 Å². The molecule has 6 aromatic rings. The second-order valence-electron chi connectivity index (χ2n) is 10.8. The van der Waals surface area contributed by atoms with Crippen LogP contribution in [0.4, 0.5) is 17.6 Å². The first-order valence-corrected chi connectivity index (χ1v) is 13.5. The van der Waals surface area contributed by atoms with Crippen LogP contribution in [0.1, 0.15) is 50.9 Å². The van der Waals surface area contributed by atoms with E-state index in [0.717, 1.165) is 24.3 Å². The van der Waals surface area contributed by atoms with Gasteiger partial charge in [0, 0.05) is 40.8 Å². The molecule has 2 aliphatic heterocycles. The minimum Gasteiger partial charge on any atom is -0.454 e. The molecule has 4 bridgehead atoms. The molecule has 3 atom stereocenters. The number of fused-ring (bicyclic) bond motifs is 10. The first-order chi connectivity index (χ1) is 21.2. The van der Waals surface area contributed by atoms with Crippen molar-refractivity contribution in [3.63, 3.8) is 0 Å². The number of amides is 2. The fraction of sp³-hybridized carbons (Fsp3) is 0.125. The van der Waals surface area contributed by atoms with Gasteiger partial charge in [-0.2, -0.15) is 0 Å². The molecule has 1 fully saturated rings. The van der Waals surface area contributed by atoms with E-state index in [9.17, 15) is 27.2 Å². The standard InChI is InChI=1S/C32H18F4N4O4/c33-12-1-3-14(18(35)7-12)16-9-21(31(37)41)38-29-27(16)25-11-20(30(29)44-25)40-32(42)22-10-17(15-4-2-13(34)8-19(15)36)26-23-5-6-24(43-23)28(26)39-22/h1-10,20,25,30H,11H2,(H2,37,41)(H,40,42)/t20?,25-,30+/m1/s1. The van der Waals surface area contributed by atoms with E-state index < -0.39 is 53.3 Å². The number of pyridine rings is 2. The van der Waals surface area contributed by atoms with Gasteiger partial charge in [-0.3, -0.25) is 9.59 Å². The molecule has 8 nitrogen and oxygen atoms in total. The Balaban J connectivity index is 1.17. The van der Waals surface area contributed by atoms with Gasteiger partial charge in [-0.25, -0.2) is 27.5 Å². The topological polar surface area (TPSA) is 120 Å². The van der Waals surface area contributed by atoms with Crippen LogP contribution in [0.3, 0.4) is 0 Å². The lowest BCUT2D eigenvalue weighted by Gasteiger charge is -2.24. The first-order valence-electron chi connectivity index (χ1n) is 13.5. The Morgan fingerprint density at radius 1 is 0.795 bits per heavy atom. The summed E-state index contributed by atoms with van der Waals surface area (Å²) < 4.78 is 68.9. The highest BCUT2D eigenvalue weighted by molar-refractivity contribution is 6.14. The fourth-order valence-corrected chi connectivity index (χ4v) is 6.30. The van der Waals surface area contributed by atoms with Gasteiger partial charge in [-0.05, 0) is 54.1 Å². The number of furan rings is 2. The van der Waals surface area contributed by atoms with E-state index in [1.54, 1.807) is 12.1 Å². The zero-order chi connectivity index (χ0) is 30.4. The van der Waals surface area contributed by atoms with E-state index in [1.807, 2.05) is 0 Å². The number of aromatic nitrogens is 2. The monoisotopic (exact) mass is 598 g/mol. The lowest BCUT2D eigenvalue weighted by atomic mass is 9.86. The van der Waals surface area contributed by atoms with Gasteiger partial charge in [0.05, 0.1) is 23.2 Å². The minimum atomic E-state index is -0.858. The highest BCUT2D eigenvalue weighted by Crippen LogP contribution is 2.53. The molecule has 0 radical (unpaired) electrons. The highest BCUT2D eigenvalue weighted by Gasteiger charge is 2.49. The first kappa shape index (κ1) is 26.3. The minimum absolute atomic E-state index is 0.0453. The number of nitrogens with one attached hydrogen (secondary N) is 1. The van der Waals surface area contributed by atoms with Gasteiger partial charge in [0.15, 0.2) is 5.58 Å². The van der Waals surface area contributed by atoms with Gasteiger partial charge in [-0.1, -0.05) is 0 Å². The van der Waals surface area contributed by atoms with Crippen molar-refractivity contribution in [3.8, 4) is 22.3 Å². The Labute approximate surface area is 244 Å². The number of hydrogen-bond acceptors (Lipinski definition) is 6. The van der Waals surface area contributed by atoms with Gasteiger partial charge >= 0.3 is 0 Å². The van der Waals surface area contributed by atoms with E-state index in [4.69, 9.17) is 14.9 Å². The third kappa shape index (κ3) is 3.87. The van der Waals surface area contributed by atoms with E-state index in [0.29, 0.717) is 44.5 Å². The number of nitrogens with zero attached hydrogens (tertiary/aromatic N) is 2. The number of primary amides is 1. The maximum Gasteiger partial charge on any atom is 0.270 e. The summed E-state index contributed by atoms with van der Waals surface area (Å²) in [6, 6.07) is 11.8. The molecule has 2 aliphatic rings. The molecule has 218 valence electrons. The molecule has 4 aromatic heterocycles. The average molecular weight is 599 g/mol. The van der Waals surface area contributed by atoms with Gasteiger partial charge in [0.25, 0.3) is 11.8 Å². The summed E-state index contributed by atoms with van der Waals surface area (Å²) in [5, 5.41) is 3.39. The van der Waals surface area contributed by atoms with Crippen LogP contribution >= 0.6 is 0 Å². The van der Waals surface area contributed by atoms with E-state index in [2.05, 4.69) is 15.3 Å². The van der Waals surface area contributed by atoms with Crippen LogP contribution in [0.25, 0.3) is 44.3 Å². The number of hydrogen-bond donors (Lipinski definition) is 2. The highest BCUT2D eigenvalue weighted by atomic mass is 19.1. The Bertz CT molecular complexity index is 2200. The number of halogens is 4. The van der Waals surface area contributed by atoms with Crippen molar-refractivity contribution < 1.29 is 36.3 Å². The summed E-state index contributed by atoms with van der Waals surface area (Å²) in [6.45, 7) is 0. The van der Waals surface area contributed by atoms with Crippen LogP contribution in [0, 0.1) is 23.3 Å². The van der Waals surface area contributed by atoms with Crippen LogP contribution in [0.15, 0.2) is 65.1 Å². The number of ether oxygens (including phenoxy) is 1. The summed E-state index contributed by atoms with van der Waals surface area (Å²) in [4.78, 5) is 34.6. The maximum absolute atomic E-state index is 14.9. The smallest absolute Gasteiger partial charge is 0.270 e. The van der Waals surface area contributed by atoms with Gasteiger partial charge < -0.3 is 20.2 Å². The van der Waals surface area contributed by atoms with Crippen molar-refractivity contribution in [2.24, 2.45) is 5.73 Å². The summed E-state index contributed by atoms with van der Waals surface area (Å²) >= 11 is 0. The third-order valence-electron chi connectivity index (χ3n) is 8.17. The summed E-state index contributed by atoms with van der Waals surface area (Å²) in [5.74, 6) is -4.61. The summed E-state index contributed by atoms with van der Waals surface area (Å²) in [5.41, 5.74) is 8.06. The predicted octanol–water partition coefficient (Wildman–Crippen LogP) is 6.12. The van der Waals surface area contributed by atoms with E-state index in [1.165, 1.54) is 24.3 Å². The predicted molar refractivity (Wildman–Crippen MR) is 149 cm³/mol. The average Bonchev–Trinajstić information content (AvgIpc) is 3.78. The molecule has 0 saturated carbocycles. The number of carbonyl (C=O) groups excluding carboxylic acids is 2. The van der Waals surface area contributed by atoms with Gasteiger partial charge in [0.2, 0.25) is 0 Å². The largest absolute Gasteiger partial charge is 0.454 e. The molecular formula is C32H18F4N4O4. The molecule has 3 N–H and O–H groups in total. The van der Waals surface area contributed by atoms with Crippen LogP contribution < -0.4 is 11.1 Å². The molecule has 44 heavy (non-hydrogen) atoms. The molecule has 1 saturated heterocycles. The summed E-state index contributed by atoms with van der Waals surface area (Å²) in [6.07, 6.45) is -1.15. The summed E-state index contributed by atoms with van der Waals surface area (Å²) in [7, 11) is 0. The second kappa shape index (κ2) is 9.32. The molecule has 2 amide bonds. The molecule has 12 heteroatoms. The lowest BCUT2D eigenvalue weighted by molar-refractivity contribution is 0.0608. The SMILES string of the molecule is NC(=O)c1cc(-c2ccc(F)cc2F)c2c(n1)[C@H]1O[C@@H]2CC1NC(=O)c1cc(-c2ccc(F)cc2F)c2c3ccc(o3)c2n1. The number of rotatable bonds is 5. The van der Waals surface area contributed by atoms with Crippen LogP contribution in [-0.2, 0) is 4.74 Å². The normalized spacial score (nSPS) is 18.8. The molecular weight excluding hydrogens is 580 g/mol. The third-order valence-corrected chi connectivity index (χ3v) is 8.17. The zero-order valence-corrected chi connectivity index (χ0v) is 22.3. The molecule has 0 spiro atoms. The second-order valence-corrected chi connectivity index (χ2v) is 10.8. The fourth-order valence-electron chi connectivity index (χ4n) is 6.30. The van der Waals surface area contributed by atoms with E-state index in [-0.39, 0.29) is 28.9 Å². The number of carbonyl (C=O) groups is 2. The Hall–Kier alpha value is -5.36. The molecule has 2 aromatic carbocycles. The zero-order valence-electron chi connectivity index (χ0n) is 22.3. The van der Waals surface area contributed by atoms with Crippen molar-refractivity contribution >= 4 is 33.9 Å². The number of nitrogens with two attached hydrogens (primary N) is 1. The molecule has 6 heterocycles. The Kier molecular flexibility index (Phi) is 5.57. The molecule has 8 rings (SSSR count). The van der Waals surface area contributed by atoms with E-state index >= 15 is 0 Å². The maximum atomic E-state index is 14.9. The van der Waals surface area contributed by atoms with Crippen LogP contribution in [-0.4, -0.2) is 27.8 Å².